The van der Waals surface area contributed by atoms with Gasteiger partial charge in [-0.2, -0.15) is 0 Å². The molecule has 2 aromatic rings. The fourth-order valence-corrected chi connectivity index (χ4v) is 3.96. The molecule has 0 saturated heterocycles. The van der Waals surface area contributed by atoms with Gasteiger partial charge in [-0.1, -0.05) is 18.7 Å². The van der Waals surface area contributed by atoms with Gasteiger partial charge in [-0.05, 0) is 39.7 Å². The zero-order valence-corrected chi connectivity index (χ0v) is 16.1. The number of nitrogens with one attached hydrogen (secondary N) is 1. The summed E-state index contributed by atoms with van der Waals surface area (Å²) < 4.78 is 1.53. The second-order valence-corrected chi connectivity index (χ2v) is 8.44. The molecule has 0 aromatic carbocycles. The first-order valence-electron chi connectivity index (χ1n) is 7.57. The Morgan fingerprint density at radius 2 is 2.04 bits per heavy atom. The summed E-state index contributed by atoms with van der Waals surface area (Å²) in [5.41, 5.74) is 0.730. The van der Waals surface area contributed by atoms with Crippen LogP contribution in [0.1, 0.15) is 37.6 Å². The van der Waals surface area contributed by atoms with Crippen molar-refractivity contribution in [2.75, 3.05) is 5.75 Å². The standard InChI is InChI=1S/C16H23N3O2S2/c1-7-16(4,5)18-11(20)8-22-15-17-13-12(14(21)19(15)6)9(2)10(3)23-13/h7-8H2,1-6H3,(H,18,20). The Balaban J connectivity index is 2.23. The minimum absolute atomic E-state index is 0.0465. The summed E-state index contributed by atoms with van der Waals surface area (Å²) in [6.45, 7) is 9.96. The number of carbonyl (C=O) groups excluding carboxylic acids is 1. The zero-order chi connectivity index (χ0) is 17.4. The van der Waals surface area contributed by atoms with Crippen LogP contribution in [0.5, 0.6) is 0 Å². The van der Waals surface area contributed by atoms with Crippen LogP contribution in [-0.4, -0.2) is 26.8 Å². The summed E-state index contributed by atoms with van der Waals surface area (Å²) in [5.74, 6) is 0.202. The molecule has 5 nitrogen and oxygen atoms in total. The zero-order valence-electron chi connectivity index (χ0n) is 14.4. The summed E-state index contributed by atoms with van der Waals surface area (Å²) in [7, 11) is 1.71. The van der Waals surface area contributed by atoms with Gasteiger partial charge in [0.25, 0.3) is 5.56 Å². The Bertz CT molecular complexity index is 806. The van der Waals surface area contributed by atoms with Crippen LogP contribution in [0.3, 0.4) is 0 Å². The molecule has 126 valence electrons. The summed E-state index contributed by atoms with van der Waals surface area (Å²) in [6.07, 6.45) is 0.861. The van der Waals surface area contributed by atoms with Gasteiger partial charge < -0.3 is 5.32 Å². The Morgan fingerprint density at radius 1 is 1.39 bits per heavy atom. The first kappa shape index (κ1) is 18.0. The second-order valence-electron chi connectivity index (χ2n) is 6.30. The van der Waals surface area contributed by atoms with Crippen LogP contribution in [0.2, 0.25) is 0 Å². The number of hydrogen-bond donors (Lipinski definition) is 1. The number of rotatable bonds is 5. The fraction of sp³-hybridized carbons (Fsp3) is 0.562. The molecule has 1 N–H and O–H groups in total. The van der Waals surface area contributed by atoms with Crippen LogP contribution in [0.4, 0.5) is 0 Å². The molecule has 0 aliphatic carbocycles. The molecule has 0 saturated carbocycles. The average molecular weight is 354 g/mol. The lowest BCUT2D eigenvalue weighted by Crippen LogP contribution is -2.43. The van der Waals surface area contributed by atoms with Gasteiger partial charge in [0.05, 0.1) is 11.1 Å². The number of thioether (sulfide) groups is 1. The van der Waals surface area contributed by atoms with E-state index in [1.165, 1.54) is 27.7 Å². The lowest BCUT2D eigenvalue weighted by molar-refractivity contribution is -0.120. The minimum atomic E-state index is -0.219. The molecular formula is C16H23N3O2S2. The van der Waals surface area contributed by atoms with Crippen molar-refractivity contribution in [3.8, 4) is 0 Å². The Kier molecular flexibility index (Phi) is 5.20. The Morgan fingerprint density at radius 3 is 2.65 bits per heavy atom. The summed E-state index contributed by atoms with van der Waals surface area (Å²) in [4.78, 5) is 31.0. The first-order chi connectivity index (χ1) is 10.7. The highest BCUT2D eigenvalue weighted by atomic mass is 32.2. The van der Waals surface area contributed by atoms with Gasteiger partial charge in [-0.3, -0.25) is 14.2 Å². The van der Waals surface area contributed by atoms with E-state index in [0.717, 1.165) is 21.7 Å². The van der Waals surface area contributed by atoms with Gasteiger partial charge in [0.15, 0.2) is 5.16 Å². The summed E-state index contributed by atoms with van der Waals surface area (Å²) in [5, 5.41) is 4.26. The van der Waals surface area contributed by atoms with E-state index >= 15 is 0 Å². The Labute approximate surface area is 144 Å². The molecular weight excluding hydrogens is 330 g/mol. The molecule has 0 aliphatic rings. The quantitative estimate of drug-likeness (QED) is 0.663. The normalized spacial score (nSPS) is 11.9. The SMILES string of the molecule is CCC(C)(C)NC(=O)CSc1nc2sc(C)c(C)c2c(=O)n1C. The van der Waals surface area contributed by atoms with Gasteiger partial charge in [-0.25, -0.2) is 4.98 Å². The van der Waals surface area contributed by atoms with Gasteiger partial charge in [-0.15, -0.1) is 11.3 Å². The number of nitrogens with zero attached hydrogens (tertiary/aromatic N) is 2. The van der Waals surface area contributed by atoms with Crippen molar-refractivity contribution in [2.24, 2.45) is 7.05 Å². The maximum atomic E-state index is 12.5. The van der Waals surface area contributed by atoms with Crippen LogP contribution < -0.4 is 10.9 Å². The number of hydrogen-bond acceptors (Lipinski definition) is 5. The third-order valence-electron chi connectivity index (χ3n) is 4.06. The van der Waals surface area contributed by atoms with Crippen molar-refractivity contribution in [3.05, 3.63) is 20.8 Å². The van der Waals surface area contributed by atoms with E-state index in [4.69, 9.17) is 0 Å². The smallest absolute Gasteiger partial charge is 0.262 e. The molecule has 2 rings (SSSR count). The molecule has 0 spiro atoms. The molecule has 7 heteroatoms. The number of carbonyl (C=O) groups is 1. The predicted molar refractivity (Wildman–Crippen MR) is 97.6 cm³/mol. The maximum Gasteiger partial charge on any atom is 0.262 e. The van der Waals surface area contributed by atoms with Gasteiger partial charge in [0.2, 0.25) is 5.91 Å². The van der Waals surface area contributed by atoms with E-state index in [9.17, 15) is 9.59 Å². The average Bonchev–Trinajstić information content (AvgIpc) is 2.76. The molecule has 23 heavy (non-hydrogen) atoms. The highest BCUT2D eigenvalue weighted by Crippen LogP contribution is 2.28. The Hall–Kier alpha value is -1.34. The largest absolute Gasteiger partial charge is 0.351 e. The number of aryl methyl sites for hydroxylation is 2. The highest BCUT2D eigenvalue weighted by molar-refractivity contribution is 7.99. The third kappa shape index (κ3) is 3.77. The monoisotopic (exact) mass is 353 g/mol. The summed E-state index contributed by atoms with van der Waals surface area (Å²) >= 11 is 2.82. The van der Waals surface area contributed by atoms with Crippen LogP contribution in [0, 0.1) is 13.8 Å². The maximum absolute atomic E-state index is 12.5. The molecule has 0 atom stereocenters. The van der Waals surface area contributed by atoms with E-state index in [0.29, 0.717) is 10.5 Å². The van der Waals surface area contributed by atoms with E-state index in [1.807, 2.05) is 34.6 Å². The number of thiophene rings is 1. The second kappa shape index (κ2) is 6.65. The molecule has 0 aliphatic heterocycles. The third-order valence-corrected chi connectivity index (χ3v) is 6.19. The van der Waals surface area contributed by atoms with Crippen molar-refractivity contribution in [2.45, 2.75) is 51.7 Å². The van der Waals surface area contributed by atoms with E-state index in [-0.39, 0.29) is 22.8 Å². The van der Waals surface area contributed by atoms with Gasteiger partial charge >= 0.3 is 0 Å². The highest BCUT2D eigenvalue weighted by Gasteiger charge is 2.19. The molecule has 0 unspecified atom stereocenters. The molecule has 0 radical (unpaired) electrons. The van der Waals surface area contributed by atoms with Crippen LogP contribution in [0.15, 0.2) is 9.95 Å². The van der Waals surface area contributed by atoms with Crippen LogP contribution in [-0.2, 0) is 11.8 Å². The molecule has 2 aromatic heterocycles. The van der Waals surface area contributed by atoms with E-state index < -0.39 is 0 Å². The lowest BCUT2D eigenvalue weighted by Gasteiger charge is -2.24. The van der Waals surface area contributed by atoms with Crippen molar-refractivity contribution in [1.29, 1.82) is 0 Å². The molecule has 0 bridgehead atoms. The molecule has 2 heterocycles. The van der Waals surface area contributed by atoms with Crippen molar-refractivity contribution >= 4 is 39.2 Å². The summed E-state index contributed by atoms with van der Waals surface area (Å²) in [6, 6.07) is 0. The van der Waals surface area contributed by atoms with Crippen LogP contribution >= 0.6 is 23.1 Å². The predicted octanol–water partition coefficient (Wildman–Crippen LogP) is 3.01. The van der Waals surface area contributed by atoms with Crippen LogP contribution in [0.25, 0.3) is 10.2 Å². The first-order valence-corrected chi connectivity index (χ1v) is 9.37. The molecule has 0 fully saturated rings. The van der Waals surface area contributed by atoms with Crippen molar-refractivity contribution < 1.29 is 4.79 Å². The number of aromatic nitrogens is 2. The lowest BCUT2D eigenvalue weighted by atomic mass is 10.0. The topological polar surface area (TPSA) is 64.0 Å². The number of amides is 1. The van der Waals surface area contributed by atoms with E-state index in [1.54, 1.807) is 7.05 Å². The van der Waals surface area contributed by atoms with Crippen molar-refractivity contribution in [1.82, 2.24) is 14.9 Å². The van der Waals surface area contributed by atoms with Gasteiger partial charge in [0, 0.05) is 17.5 Å². The van der Waals surface area contributed by atoms with E-state index in [2.05, 4.69) is 10.3 Å². The number of fused-ring (bicyclic) bond motifs is 1. The van der Waals surface area contributed by atoms with Gasteiger partial charge in [0.1, 0.15) is 4.83 Å². The van der Waals surface area contributed by atoms with Crippen molar-refractivity contribution in [3.63, 3.8) is 0 Å². The fourth-order valence-electron chi connectivity index (χ4n) is 2.12. The minimum Gasteiger partial charge on any atom is -0.351 e. The molecule has 1 amide bonds.